The van der Waals surface area contributed by atoms with Crippen molar-refractivity contribution < 1.29 is 0 Å². The summed E-state index contributed by atoms with van der Waals surface area (Å²) in [5, 5.41) is 2.77. The summed E-state index contributed by atoms with van der Waals surface area (Å²) in [6.07, 6.45) is 1.85. The summed E-state index contributed by atoms with van der Waals surface area (Å²) >= 11 is 1.54. The van der Waals surface area contributed by atoms with Gasteiger partial charge in [-0.25, -0.2) is 4.98 Å². The molecule has 0 spiro atoms. The van der Waals surface area contributed by atoms with Crippen LogP contribution in [0.5, 0.6) is 0 Å². The molecule has 0 amide bonds. The molecule has 0 aliphatic rings. The normalized spacial score (nSPS) is 11.2. The second kappa shape index (κ2) is 4.03. The second-order valence-electron chi connectivity index (χ2n) is 2.76. The number of pyridine rings is 1. The summed E-state index contributed by atoms with van der Waals surface area (Å²) in [5.41, 5.74) is 7.71. The van der Waals surface area contributed by atoms with Gasteiger partial charge in [0, 0.05) is 17.1 Å². The number of rotatable bonds is 2. The zero-order chi connectivity index (χ0) is 9.97. The van der Waals surface area contributed by atoms with Gasteiger partial charge in [0.15, 0.2) is 0 Å². The summed E-state index contributed by atoms with van der Waals surface area (Å²) < 4.78 is 0. The van der Waals surface area contributed by atoms with Crippen LogP contribution in [0, 0.1) is 0 Å². The Kier molecular flexibility index (Phi) is 2.75. The van der Waals surface area contributed by atoms with Crippen LogP contribution in [0.2, 0.25) is 0 Å². The van der Waals surface area contributed by atoms with Crippen LogP contribution < -0.4 is 11.2 Å². The summed E-state index contributed by atoms with van der Waals surface area (Å²) in [7, 11) is 0.736. The molecule has 14 heavy (non-hydrogen) atoms. The Morgan fingerprint density at radius 3 is 2.79 bits per heavy atom. The molecule has 5 heteroatoms. The molecule has 0 bridgehead atoms. The first-order valence-corrected chi connectivity index (χ1v) is 6.53. The van der Waals surface area contributed by atoms with Gasteiger partial charge in [-0.05, 0) is 18.8 Å². The van der Waals surface area contributed by atoms with Crippen LogP contribution >= 0.6 is 19.9 Å². The number of nitrogens with two attached hydrogens (primary N) is 1. The topological polar surface area (TPSA) is 51.8 Å². The van der Waals surface area contributed by atoms with E-state index in [1.54, 1.807) is 11.3 Å². The van der Waals surface area contributed by atoms with E-state index in [1.807, 2.05) is 23.7 Å². The number of hydrogen-bond acceptors (Lipinski definition) is 4. The van der Waals surface area contributed by atoms with Crippen molar-refractivity contribution in [2.75, 3.05) is 12.4 Å². The molecule has 2 heterocycles. The largest absolute Gasteiger partial charge is 0.383 e. The molecule has 0 aliphatic heterocycles. The second-order valence-corrected chi connectivity index (χ2v) is 4.63. The third-order valence-electron chi connectivity index (χ3n) is 1.79. The van der Waals surface area contributed by atoms with Crippen molar-refractivity contribution in [1.29, 1.82) is 0 Å². The van der Waals surface area contributed by atoms with E-state index in [-0.39, 0.29) is 0 Å². The standard InChI is InChI=1S/C9H10N3PS/c1-13-8-3-2-6(4-11-8)9-12-7(10)5-14-9/h2-5,13H,10H2,1H3. The van der Waals surface area contributed by atoms with Gasteiger partial charge in [0.05, 0.1) is 5.44 Å². The number of nitrogen functional groups attached to an aromatic ring is 1. The van der Waals surface area contributed by atoms with Crippen LogP contribution in [-0.4, -0.2) is 16.6 Å². The minimum absolute atomic E-state index is 0.575. The molecular weight excluding hydrogens is 213 g/mol. The molecule has 0 radical (unpaired) electrons. The molecule has 1 atom stereocenters. The monoisotopic (exact) mass is 223 g/mol. The third-order valence-corrected chi connectivity index (χ3v) is 3.51. The maximum absolute atomic E-state index is 5.55. The number of anilines is 1. The Labute approximate surface area is 88.2 Å². The predicted molar refractivity (Wildman–Crippen MR) is 63.6 cm³/mol. The molecule has 2 rings (SSSR count). The van der Waals surface area contributed by atoms with Crippen molar-refractivity contribution in [3.05, 3.63) is 23.7 Å². The Balaban J connectivity index is 2.33. The average Bonchev–Trinajstić information content (AvgIpc) is 2.65. The van der Waals surface area contributed by atoms with Crippen LogP contribution in [-0.2, 0) is 0 Å². The highest BCUT2D eigenvalue weighted by Crippen LogP contribution is 2.23. The fourth-order valence-corrected chi connectivity index (χ4v) is 2.23. The lowest BCUT2D eigenvalue weighted by atomic mass is 10.3. The van der Waals surface area contributed by atoms with Crippen LogP contribution in [0.1, 0.15) is 0 Å². The maximum Gasteiger partial charge on any atom is 0.135 e. The van der Waals surface area contributed by atoms with Crippen molar-refractivity contribution in [1.82, 2.24) is 9.97 Å². The van der Waals surface area contributed by atoms with E-state index >= 15 is 0 Å². The number of hydrogen-bond donors (Lipinski definition) is 1. The Bertz CT molecular complexity index is 424. The molecule has 0 saturated carbocycles. The summed E-state index contributed by atoms with van der Waals surface area (Å²) in [6, 6.07) is 4.07. The van der Waals surface area contributed by atoms with Gasteiger partial charge in [-0.1, -0.05) is 8.58 Å². The van der Waals surface area contributed by atoms with E-state index in [1.165, 1.54) is 0 Å². The molecule has 2 N–H and O–H groups in total. The van der Waals surface area contributed by atoms with Gasteiger partial charge in [-0.2, -0.15) is 0 Å². The third kappa shape index (κ3) is 1.91. The van der Waals surface area contributed by atoms with E-state index in [4.69, 9.17) is 5.73 Å². The molecule has 0 aromatic carbocycles. The highest BCUT2D eigenvalue weighted by atomic mass is 32.1. The predicted octanol–water partition coefficient (Wildman–Crippen LogP) is 1.72. The van der Waals surface area contributed by atoms with E-state index in [9.17, 15) is 0 Å². The van der Waals surface area contributed by atoms with Crippen LogP contribution in [0.15, 0.2) is 23.7 Å². The van der Waals surface area contributed by atoms with Gasteiger partial charge in [-0.3, -0.25) is 4.98 Å². The average molecular weight is 223 g/mol. The van der Waals surface area contributed by atoms with Crippen LogP contribution in [0.3, 0.4) is 0 Å². The van der Waals surface area contributed by atoms with Gasteiger partial charge < -0.3 is 5.73 Å². The molecule has 0 aliphatic carbocycles. The van der Waals surface area contributed by atoms with Crippen molar-refractivity contribution in [3.63, 3.8) is 0 Å². The SMILES string of the molecule is CPc1ccc(-c2nc(N)cs2)cn1. The minimum Gasteiger partial charge on any atom is -0.383 e. The summed E-state index contributed by atoms with van der Waals surface area (Å²) in [4.78, 5) is 8.52. The lowest BCUT2D eigenvalue weighted by molar-refractivity contribution is 1.36. The van der Waals surface area contributed by atoms with Gasteiger partial charge in [-0.15, -0.1) is 11.3 Å². The minimum atomic E-state index is 0.575. The van der Waals surface area contributed by atoms with Crippen molar-refractivity contribution in [3.8, 4) is 10.6 Å². The summed E-state index contributed by atoms with van der Waals surface area (Å²) in [5.74, 6) is 0.575. The summed E-state index contributed by atoms with van der Waals surface area (Å²) in [6.45, 7) is 2.11. The zero-order valence-electron chi connectivity index (χ0n) is 7.69. The van der Waals surface area contributed by atoms with Gasteiger partial charge in [0.1, 0.15) is 10.8 Å². The van der Waals surface area contributed by atoms with E-state index in [0.29, 0.717) is 5.82 Å². The first-order valence-electron chi connectivity index (χ1n) is 4.15. The van der Waals surface area contributed by atoms with E-state index < -0.39 is 0 Å². The molecule has 0 saturated heterocycles. The fraction of sp³-hybridized carbons (Fsp3) is 0.111. The quantitative estimate of drug-likeness (QED) is 0.789. The van der Waals surface area contributed by atoms with Crippen molar-refractivity contribution in [2.45, 2.75) is 0 Å². The highest BCUT2D eigenvalue weighted by Gasteiger charge is 2.02. The van der Waals surface area contributed by atoms with Gasteiger partial charge >= 0.3 is 0 Å². The molecule has 1 unspecified atom stereocenters. The van der Waals surface area contributed by atoms with Gasteiger partial charge in [0.2, 0.25) is 0 Å². The molecule has 2 aromatic rings. The molecule has 0 fully saturated rings. The van der Waals surface area contributed by atoms with Crippen molar-refractivity contribution in [2.24, 2.45) is 0 Å². The Morgan fingerprint density at radius 2 is 2.29 bits per heavy atom. The zero-order valence-corrected chi connectivity index (χ0v) is 9.51. The molecule has 2 aromatic heterocycles. The van der Waals surface area contributed by atoms with Crippen molar-refractivity contribution >= 4 is 31.2 Å². The molecule has 3 nitrogen and oxygen atoms in total. The molecule has 72 valence electrons. The maximum atomic E-state index is 5.55. The smallest absolute Gasteiger partial charge is 0.135 e. The highest BCUT2D eigenvalue weighted by molar-refractivity contribution is 7.45. The first-order chi connectivity index (χ1) is 6.79. The first kappa shape index (κ1) is 9.56. The van der Waals surface area contributed by atoms with Crippen LogP contribution in [0.25, 0.3) is 10.6 Å². The fourth-order valence-electron chi connectivity index (χ4n) is 1.09. The Hall–Kier alpha value is -0.990. The van der Waals surface area contributed by atoms with E-state index in [2.05, 4.69) is 16.6 Å². The Morgan fingerprint density at radius 1 is 1.43 bits per heavy atom. The van der Waals surface area contributed by atoms with Gasteiger partial charge in [0.25, 0.3) is 0 Å². The molecular formula is C9H10N3PS. The number of aromatic nitrogens is 2. The number of nitrogens with zero attached hydrogens (tertiary/aromatic N) is 2. The lowest BCUT2D eigenvalue weighted by Crippen LogP contribution is -1.98. The van der Waals surface area contributed by atoms with E-state index in [0.717, 1.165) is 24.6 Å². The lowest BCUT2D eigenvalue weighted by Gasteiger charge is -1.97. The van der Waals surface area contributed by atoms with Crippen LogP contribution in [0.4, 0.5) is 5.82 Å². The number of thiazole rings is 1.